The number of aromatic nitrogens is 3. The van der Waals surface area contributed by atoms with Crippen LogP contribution in [0.2, 0.25) is 0 Å². The van der Waals surface area contributed by atoms with Crippen LogP contribution in [0.4, 0.5) is 0 Å². The number of likely N-dealkylation sites (tertiary alicyclic amines) is 1. The minimum absolute atomic E-state index is 0.0479. The van der Waals surface area contributed by atoms with Crippen LogP contribution in [0.25, 0.3) is 0 Å². The van der Waals surface area contributed by atoms with E-state index >= 15 is 0 Å². The molecule has 1 amide bonds. The number of amides is 1. The quantitative estimate of drug-likeness (QED) is 0.853. The molecule has 0 N–H and O–H groups in total. The molecular weight excluding hydrogens is 280 g/mol. The molecule has 3 rings (SSSR count). The van der Waals surface area contributed by atoms with Crippen LogP contribution in [0, 0.1) is 12.8 Å². The molecule has 22 heavy (non-hydrogen) atoms. The average molecular weight is 306 g/mol. The molecule has 0 spiro atoms. The summed E-state index contributed by atoms with van der Waals surface area (Å²) in [6.07, 6.45) is 7.41. The van der Waals surface area contributed by atoms with E-state index in [1.165, 1.54) is 30.4 Å². The Kier molecular flexibility index (Phi) is 4.36. The van der Waals surface area contributed by atoms with E-state index in [2.05, 4.69) is 5.10 Å². The lowest BCUT2D eigenvalue weighted by molar-refractivity contribution is -0.133. The smallest absolute Gasteiger partial charge is 0.343 e. The Hall–Kier alpha value is -1.59. The van der Waals surface area contributed by atoms with Gasteiger partial charge in [-0.3, -0.25) is 9.36 Å². The third kappa shape index (κ3) is 2.96. The monoisotopic (exact) mass is 306 g/mol. The van der Waals surface area contributed by atoms with Crippen LogP contribution < -0.4 is 5.69 Å². The molecule has 2 aliphatic rings. The van der Waals surface area contributed by atoms with Gasteiger partial charge < -0.3 is 4.90 Å². The van der Waals surface area contributed by atoms with E-state index in [9.17, 15) is 9.59 Å². The lowest BCUT2D eigenvalue weighted by Crippen LogP contribution is -2.41. The molecule has 1 aromatic rings. The summed E-state index contributed by atoms with van der Waals surface area (Å²) in [6.45, 7) is 3.40. The second-order valence-electron chi connectivity index (χ2n) is 6.79. The fourth-order valence-corrected chi connectivity index (χ4v) is 3.99. The van der Waals surface area contributed by atoms with Gasteiger partial charge >= 0.3 is 5.69 Å². The van der Waals surface area contributed by atoms with Crippen LogP contribution in [0.1, 0.15) is 56.8 Å². The van der Waals surface area contributed by atoms with Crippen molar-refractivity contribution in [2.45, 2.75) is 57.9 Å². The standard InChI is InChI=1S/C16H26N4O2/c1-12-17-18(2)16(22)20(12)14-7-9-19(10-8-14)15(21)11-13-5-3-4-6-13/h13-14H,3-11H2,1-2H3. The summed E-state index contributed by atoms with van der Waals surface area (Å²) in [5, 5.41) is 4.19. The Labute approximate surface area is 131 Å². The van der Waals surface area contributed by atoms with Crippen molar-refractivity contribution in [1.82, 2.24) is 19.2 Å². The number of rotatable bonds is 3. The molecule has 1 aromatic heterocycles. The van der Waals surface area contributed by atoms with Gasteiger partial charge in [0, 0.05) is 32.6 Å². The highest BCUT2D eigenvalue weighted by Crippen LogP contribution is 2.29. The van der Waals surface area contributed by atoms with Crippen LogP contribution in [0.3, 0.4) is 0 Å². The van der Waals surface area contributed by atoms with Crippen molar-refractivity contribution in [3.05, 3.63) is 16.3 Å². The van der Waals surface area contributed by atoms with Crippen molar-refractivity contribution in [3.8, 4) is 0 Å². The maximum atomic E-state index is 12.4. The van der Waals surface area contributed by atoms with Gasteiger partial charge in [0.15, 0.2) is 0 Å². The number of carbonyl (C=O) groups excluding carboxylic acids is 1. The molecule has 0 aromatic carbocycles. The molecule has 1 aliphatic carbocycles. The average Bonchev–Trinajstić information content (AvgIpc) is 3.08. The Morgan fingerprint density at radius 3 is 2.36 bits per heavy atom. The Balaban J connectivity index is 1.58. The van der Waals surface area contributed by atoms with Gasteiger partial charge in [-0.25, -0.2) is 9.48 Å². The lowest BCUT2D eigenvalue weighted by Gasteiger charge is -2.33. The van der Waals surface area contributed by atoms with E-state index in [1.54, 1.807) is 11.6 Å². The highest BCUT2D eigenvalue weighted by Gasteiger charge is 2.28. The number of piperidine rings is 1. The van der Waals surface area contributed by atoms with Gasteiger partial charge in [-0.1, -0.05) is 12.8 Å². The number of nitrogens with zero attached hydrogens (tertiary/aromatic N) is 4. The van der Waals surface area contributed by atoms with Crippen LogP contribution >= 0.6 is 0 Å². The molecule has 0 radical (unpaired) electrons. The summed E-state index contributed by atoms with van der Waals surface area (Å²) in [5.41, 5.74) is -0.0479. The van der Waals surface area contributed by atoms with Crippen LogP contribution in [0.5, 0.6) is 0 Å². The van der Waals surface area contributed by atoms with Crippen molar-refractivity contribution in [3.63, 3.8) is 0 Å². The highest BCUT2D eigenvalue weighted by atomic mass is 16.2. The predicted octanol–water partition coefficient (Wildman–Crippen LogP) is 1.63. The van der Waals surface area contributed by atoms with E-state index in [-0.39, 0.29) is 11.7 Å². The summed E-state index contributed by atoms with van der Waals surface area (Å²) in [6, 6.07) is 0.178. The molecular formula is C16H26N4O2. The van der Waals surface area contributed by atoms with Gasteiger partial charge in [0.05, 0.1) is 0 Å². The van der Waals surface area contributed by atoms with Crippen LogP contribution in [-0.2, 0) is 11.8 Å². The molecule has 1 saturated heterocycles. The van der Waals surface area contributed by atoms with E-state index in [0.717, 1.165) is 38.2 Å². The zero-order chi connectivity index (χ0) is 15.7. The minimum atomic E-state index is -0.0479. The zero-order valence-corrected chi connectivity index (χ0v) is 13.6. The SMILES string of the molecule is Cc1nn(C)c(=O)n1C1CCN(C(=O)CC2CCCC2)CC1. The first kappa shape index (κ1) is 15.3. The fourth-order valence-electron chi connectivity index (χ4n) is 3.99. The molecule has 6 nitrogen and oxygen atoms in total. The first-order valence-electron chi connectivity index (χ1n) is 8.46. The summed E-state index contributed by atoms with van der Waals surface area (Å²) in [5.74, 6) is 1.68. The summed E-state index contributed by atoms with van der Waals surface area (Å²) >= 11 is 0. The molecule has 122 valence electrons. The van der Waals surface area contributed by atoms with Crippen molar-refractivity contribution in [1.29, 1.82) is 0 Å². The van der Waals surface area contributed by atoms with Crippen LogP contribution in [-0.4, -0.2) is 38.2 Å². The van der Waals surface area contributed by atoms with Gasteiger partial charge in [0.1, 0.15) is 5.82 Å². The third-order valence-electron chi connectivity index (χ3n) is 5.25. The maximum absolute atomic E-state index is 12.4. The summed E-state index contributed by atoms with van der Waals surface area (Å²) < 4.78 is 3.19. The van der Waals surface area contributed by atoms with Gasteiger partial charge in [-0.05, 0) is 38.5 Å². The summed E-state index contributed by atoms with van der Waals surface area (Å²) in [4.78, 5) is 26.5. The van der Waals surface area contributed by atoms with E-state index in [4.69, 9.17) is 0 Å². The fraction of sp³-hybridized carbons (Fsp3) is 0.812. The molecule has 0 unspecified atom stereocenters. The second-order valence-corrected chi connectivity index (χ2v) is 6.79. The predicted molar refractivity (Wildman–Crippen MR) is 83.6 cm³/mol. The number of hydrogen-bond donors (Lipinski definition) is 0. The van der Waals surface area contributed by atoms with Crippen molar-refractivity contribution >= 4 is 5.91 Å². The molecule has 2 fully saturated rings. The Bertz CT molecular complexity index is 590. The maximum Gasteiger partial charge on any atom is 0.345 e. The van der Waals surface area contributed by atoms with E-state index in [0.29, 0.717) is 11.8 Å². The minimum Gasteiger partial charge on any atom is -0.343 e. The normalized spacial score (nSPS) is 20.7. The summed E-state index contributed by atoms with van der Waals surface area (Å²) in [7, 11) is 1.69. The largest absolute Gasteiger partial charge is 0.345 e. The molecule has 6 heteroatoms. The van der Waals surface area contributed by atoms with Gasteiger partial charge in [-0.15, -0.1) is 0 Å². The molecule has 0 atom stereocenters. The lowest BCUT2D eigenvalue weighted by atomic mass is 10.0. The highest BCUT2D eigenvalue weighted by molar-refractivity contribution is 5.76. The van der Waals surface area contributed by atoms with Gasteiger partial charge in [0.25, 0.3) is 0 Å². The first-order chi connectivity index (χ1) is 10.6. The zero-order valence-electron chi connectivity index (χ0n) is 13.6. The van der Waals surface area contributed by atoms with Crippen molar-refractivity contribution in [2.24, 2.45) is 13.0 Å². The number of hydrogen-bond acceptors (Lipinski definition) is 3. The van der Waals surface area contributed by atoms with E-state index in [1.807, 2.05) is 11.8 Å². The first-order valence-corrected chi connectivity index (χ1v) is 8.46. The Morgan fingerprint density at radius 1 is 1.18 bits per heavy atom. The van der Waals surface area contributed by atoms with Gasteiger partial charge in [0.2, 0.25) is 5.91 Å². The molecule has 1 aliphatic heterocycles. The van der Waals surface area contributed by atoms with Crippen LogP contribution in [0.15, 0.2) is 4.79 Å². The molecule has 1 saturated carbocycles. The van der Waals surface area contributed by atoms with E-state index < -0.39 is 0 Å². The number of carbonyl (C=O) groups is 1. The second kappa shape index (κ2) is 6.26. The number of aryl methyl sites for hydroxylation is 2. The molecule has 0 bridgehead atoms. The van der Waals surface area contributed by atoms with Gasteiger partial charge in [-0.2, -0.15) is 5.10 Å². The topological polar surface area (TPSA) is 60.1 Å². The molecule has 2 heterocycles. The Morgan fingerprint density at radius 2 is 1.82 bits per heavy atom. The van der Waals surface area contributed by atoms with Crippen molar-refractivity contribution < 1.29 is 4.79 Å². The van der Waals surface area contributed by atoms with Crippen molar-refractivity contribution in [2.75, 3.05) is 13.1 Å². The third-order valence-corrected chi connectivity index (χ3v) is 5.25.